The van der Waals surface area contributed by atoms with Crippen LogP contribution in [0.2, 0.25) is 0 Å². The van der Waals surface area contributed by atoms with Crippen LogP contribution in [0.3, 0.4) is 0 Å². The number of aromatic nitrogens is 4. The molecule has 1 N–H and O–H groups in total. The Morgan fingerprint density at radius 3 is 2.47 bits per heavy atom. The van der Waals surface area contributed by atoms with Crippen LogP contribution in [0.25, 0.3) is 11.1 Å². The van der Waals surface area contributed by atoms with Crippen LogP contribution in [0.15, 0.2) is 36.5 Å². The summed E-state index contributed by atoms with van der Waals surface area (Å²) in [4.78, 5) is 27.3. The lowest BCUT2D eigenvalue weighted by Crippen LogP contribution is -2.67. The predicted molar refractivity (Wildman–Crippen MR) is 142 cm³/mol. The van der Waals surface area contributed by atoms with E-state index in [1.54, 1.807) is 0 Å². The van der Waals surface area contributed by atoms with E-state index < -0.39 is 5.54 Å². The molecular formula is C28H37N7O. The van der Waals surface area contributed by atoms with Crippen molar-refractivity contribution in [2.24, 2.45) is 7.05 Å². The van der Waals surface area contributed by atoms with Gasteiger partial charge in [-0.2, -0.15) is 5.10 Å². The number of piperidine rings is 1. The van der Waals surface area contributed by atoms with Gasteiger partial charge in [-0.05, 0) is 49.8 Å². The fourth-order valence-electron chi connectivity index (χ4n) is 5.53. The van der Waals surface area contributed by atoms with Gasteiger partial charge < -0.3 is 15.1 Å². The molecule has 0 aliphatic carbocycles. The summed E-state index contributed by atoms with van der Waals surface area (Å²) in [6.07, 6.45) is 3.55. The van der Waals surface area contributed by atoms with Crippen LogP contribution in [0, 0.1) is 13.8 Å². The molecule has 2 fully saturated rings. The zero-order valence-corrected chi connectivity index (χ0v) is 22.1. The molecule has 190 valence electrons. The van der Waals surface area contributed by atoms with Crippen molar-refractivity contribution >= 4 is 11.9 Å². The molecule has 36 heavy (non-hydrogen) atoms. The van der Waals surface area contributed by atoms with Crippen molar-refractivity contribution in [1.29, 1.82) is 0 Å². The van der Waals surface area contributed by atoms with Gasteiger partial charge in [-0.1, -0.05) is 38.1 Å². The molecule has 1 spiro atoms. The number of benzene rings is 1. The van der Waals surface area contributed by atoms with Gasteiger partial charge in [0.2, 0.25) is 11.9 Å². The van der Waals surface area contributed by atoms with Gasteiger partial charge >= 0.3 is 0 Å². The van der Waals surface area contributed by atoms with Crippen LogP contribution in [0.5, 0.6) is 0 Å². The van der Waals surface area contributed by atoms with E-state index in [1.807, 2.05) is 36.5 Å². The van der Waals surface area contributed by atoms with Gasteiger partial charge in [-0.25, -0.2) is 9.97 Å². The second-order valence-corrected chi connectivity index (χ2v) is 10.6. The summed E-state index contributed by atoms with van der Waals surface area (Å²) in [6.45, 7) is 11.9. The van der Waals surface area contributed by atoms with Crippen molar-refractivity contribution < 1.29 is 4.79 Å². The van der Waals surface area contributed by atoms with Gasteiger partial charge in [0.1, 0.15) is 5.54 Å². The lowest BCUT2D eigenvalue weighted by Gasteiger charge is -2.47. The molecule has 3 aromatic rings. The Hall–Kier alpha value is -3.26. The number of rotatable bonds is 5. The van der Waals surface area contributed by atoms with E-state index in [9.17, 15) is 4.79 Å². The van der Waals surface area contributed by atoms with Crippen molar-refractivity contribution in [2.45, 2.75) is 58.5 Å². The number of carbonyl (C=O) groups excluding carboxylic acids is 1. The van der Waals surface area contributed by atoms with Crippen molar-refractivity contribution in [3.05, 3.63) is 59.2 Å². The first-order chi connectivity index (χ1) is 17.2. The second-order valence-electron chi connectivity index (χ2n) is 10.6. The van der Waals surface area contributed by atoms with Gasteiger partial charge in [-0.15, -0.1) is 0 Å². The van der Waals surface area contributed by atoms with E-state index >= 15 is 0 Å². The van der Waals surface area contributed by atoms with Crippen LogP contribution >= 0.6 is 0 Å². The number of carbonyl (C=O) groups is 1. The van der Waals surface area contributed by atoms with Crippen LogP contribution in [-0.4, -0.2) is 62.3 Å². The highest BCUT2D eigenvalue weighted by Crippen LogP contribution is 2.31. The summed E-state index contributed by atoms with van der Waals surface area (Å²) in [5.74, 6) is 1.41. The fraction of sp³-hybridized carbons (Fsp3) is 0.500. The molecule has 2 aromatic heterocycles. The normalized spacial score (nSPS) is 17.9. The lowest BCUT2D eigenvalue weighted by atomic mass is 9.84. The number of aryl methyl sites for hydroxylation is 3. The first kappa shape index (κ1) is 24.4. The van der Waals surface area contributed by atoms with E-state index in [2.05, 4.69) is 64.5 Å². The Kier molecular flexibility index (Phi) is 6.55. The number of nitrogens with zero attached hydrogens (tertiary/aromatic N) is 6. The Labute approximate surface area is 213 Å². The van der Waals surface area contributed by atoms with Gasteiger partial charge in [0.15, 0.2) is 0 Å². The Balaban J connectivity index is 1.33. The van der Waals surface area contributed by atoms with Crippen molar-refractivity contribution in [3.8, 4) is 11.1 Å². The Bertz CT molecular complexity index is 1240. The lowest BCUT2D eigenvalue weighted by molar-refractivity contribution is -0.143. The molecule has 1 amide bonds. The standard InChI is InChI=1S/C28H37N7O/c1-19(2)22-7-6-8-23(16-22)24-17-33(5)32-25(24)18-35-14-11-29-28(26(35)36)9-12-34(13-10-28)27-30-20(3)15-21(4)31-27/h6-8,15-17,19,29H,9-14,18H2,1-5H3. The number of hydrogen-bond donors (Lipinski definition) is 1. The third-order valence-electron chi connectivity index (χ3n) is 7.52. The van der Waals surface area contributed by atoms with Crippen LogP contribution < -0.4 is 10.2 Å². The molecule has 0 saturated carbocycles. The molecular weight excluding hydrogens is 450 g/mol. The maximum absolute atomic E-state index is 13.8. The highest BCUT2D eigenvalue weighted by molar-refractivity contribution is 5.87. The second kappa shape index (κ2) is 9.65. The zero-order valence-electron chi connectivity index (χ0n) is 22.1. The van der Waals surface area contributed by atoms with Gasteiger partial charge in [0.25, 0.3) is 0 Å². The monoisotopic (exact) mass is 487 g/mol. The SMILES string of the molecule is Cc1cc(C)nc(N2CCC3(CC2)NCCN(Cc2nn(C)cc2-c2cccc(C(C)C)c2)C3=O)n1. The summed E-state index contributed by atoms with van der Waals surface area (Å²) in [6, 6.07) is 10.7. The summed E-state index contributed by atoms with van der Waals surface area (Å²) in [5.41, 5.74) is 5.93. The van der Waals surface area contributed by atoms with Crippen molar-refractivity contribution in [1.82, 2.24) is 30.0 Å². The van der Waals surface area contributed by atoms with E-state index in [0.29, 0.717) is 19.0 Å². The summed E-state index contributed by atoms with van der Waals surface area (Å²) >= 11 is 0. The van der Waals surface area contributed by atoms with Gasteiger partial charge in [0, 0.05) is 56.4 Å². The molecule has 0 unspecified atom stereocenters. The molecule has 0 bridgehead atoms. The molecule has 5 rings (SSSR count). The zero-order chi connectivity index (χ0) is 25.4. The third kappa shape index (κ3) is 4.74. The molecule has 1 aromatic carbocycles. The smallest absolute Gasteiger partial charge is 0.243 e. The van der Waals surface area contributed by atoms with E-state index in [0.717, 1.165) is 66.6 Å². The minimum atomic E-state index is -0.528. The van der Waals surface area contributed by atoms with Crippen LogP contribution in [0.4, 0.5) is 5.95 Å². The van der Waals surface area contributed by atoms with Crippen LogP contribution in [-0.2, 0) is 18.4 Å². The summed E-state index contributed by atoms with van der Waals surface area (Å²) in [5, 5.41) is 8.35. The molecule has 0 radical (unpaired) electrons. The van der Waals surface area contributed by atoms with E-state index in [1.165, 1.54) is 5.56 Å². The number of piperazine rings is 1. The quantitative estimate of drug-likeness (QED) is 0.593. The van der Waals surface area contributed by atoms with Gasteiger partial charge in [0.05, 0.1) is 12.2 Å². The van der Waals surface area contributed by atoms with Crippen molar-refractivity contribution in [2.75, 3.05) is 31.1 Å². The maximum Gasteiger partial charge on any atom is 0.243 e. The predicted octanol–water partition coefficient (Wildman–Crippen LogP) is 3.59. The average Bonchev–Trinajstić information content (AvgIpc) is 3.22. The molecule has 4 heterocycles. The molecule has 2 aliphatic rings. The minimum Gasteiger partial charge on any atom is -0.341 e. The average molecular weight is 488 g/mol. The molecule has 2 aliphatic heterocycles. The molecule has 8 heteroatoms. The topological polar surface area (TPSA) is 79.2 Å². The summed E-state index contributed by atoms with van der Waals surface area (Å²) < 4.78 is 1.86. The number of anilines is 1. The largest absolute Gasteiger partial charge is 0.341 e. The number of hydrogen-bond acceptors (Lipinski definition) is 6. The third-order valence-corrected chi connectivity index (χ3v) is 7.52. The first-order valence-corrected chi connectivity index (χ1v) is 13.0. The van der Waals surface area contributed by atoms with E-state index in [4.69, 9.17) is 5.10 Å². The molecule has 8 nitrogen and oxygen atoms in total. The van der Waals surface area contributed by atoms with Crippen molar-refractivity contribution in [3.63, 3.8) is 0 Å². The fourth-order valence-corrected chi connectivity index (χ4v) is 5.53. The van der Waals surface area contributed by atoms with Gasteiger partial charge in [-0.3, -0.25) is 9.48 Å². The Morgan fingerprint density at radius 2 is 1.78 bits per heavy atom. The highest BCUT2D eigenvalue weighted by Gasteiger charge is 2.46. The Morgan fingerprint density at radius 1 is 1.06 bits per heavy atom. The molecule has 2 saturated heterocycles. The number of amides is 1. The highest BCUT2D eigenvalue weighted by atomic mass is 16.2. The minimum absolute atomic E-state index is 0.183. The maximum atomic E-state index is 13.8. The van der Waals surface area contributed by atoms with Crippen LogP contribution in [0.1, 0.15) is 55.3 Å². The van der Waals surface area contributed by atoms with E-state index in [-0.39, 0.29) is 5.91 Å². The first-order valence-electron chi connectivity index (χ1n) is 13.0. The number of nitrogens with one attached hydrogen (secondary N) is 1. The summed E-state index contributed by atoms with van der Waals surface area (Å²) in [7, 11) is 1.95. The molecule has 0 atom stereocenters.